The first-order chi connectivity index (χ1) is 6.34. The molecule has 0 radical (unpaired) electrons. The van der Waals surface area contributed by atoms with Crippen LogP contribution in [0, 0.1) is 0 Å². The molecule has 1 fully saturated rings. The maximum absolute atomic E-state index is 9.43. The van der Waals surface area contributed by atoms with E-state index < -0.39 is 0 Å². The van der Waals surface area contributed by atoms with Gasteiger partial charge in [0, 0.05) is 6.61 Å². The van der Waals surface area contributed by atoms with Crippen LogP contribution in [0.2, 0.25) is 0 Å². The average molecular weight is 188 g/mol. The molecule has 1 N–H and O–H groups in total. The van der Waals surface area contributed by atoms with Gasteiger partial charge in [-0.25, -0.2) is 0 Å². The lowest BCUT2D eigenvalue weighted by atomic mass is 10.3. The summed E-state index contributed by atoms with van der Waals surface area (Å²) >= 11 is 0. The normalized spacial score (nSPS) is 28.2. The number of ether oxygens (including phenoxy) is 2. The van der Waals surface area contributed by atoms with Crippen LogP contribution < -0.4 is 0 Å². The predicted molar refractivity (Wildman–Crippen MR) is 50.7 cm³/mol. The van der Waals surface area contributed by atoms with E-state index in [1.165, 1.54) is 0 Å². The van der Waals surface area contributed by atoms with Crippen molar-refractivity contribution in [2.24, 2.45) is 0 Å². The maximum Gasteiger partial charge on any atom is 0.0835 e. The molecule has 13 heavy (non-hydrogen) atoms. The highest BCUT2D eigenvalue weighted by Crippen LogP contribution is 2.21. The van der Waals surface area contributed by atoms with Gasteiger partial charge in [0.15, 0.2) is 0 Å². The lowest BCUT2D eigenvalue weighted by Gasteiger charge is -2.15. The van der Waals surface area contributed by atoms with E-state index in [0.717, 1.165) is 32.3 Å². The van der Waals surface area contributed by atoms with Crippen LogP contribution in [0.25, 0.3) is 0 Å². The Morgan fingerprint density at radius 1 is 1.23 bits per heavy atom. The highest BCUT2D eigenvalue weighted by Gasteiger charge is 2.25. The Bertz CT molecular complexity index is 127. The average Bonchev–Trinajstić information content (AvgIpc) is 2.52. The molecule has 1 rings (SSSR count). The Hall–Kier alpha value is -0.120. The molecule has 2 unspecified atom stereocenters. The second-order valence-corrected chi connectivity index (χ2v) is 3.52. The molecule has 2 atom stereocenters. The molecule has 0 heterocycles. The van der Waals surface area contributed by atoms with Crippen LogP contribution in [0.1, 0.15) is 32.6 Å². The molecule has 1 aliphatic rings. The standard InChI is InChI=1S/C10H20O3/c1-2-6-12-7-8-13-10-5-3-4-9(10)11/h9-11H,2-8H2,1H3. The quantitative estimate of drug-likeness (QED) is 0.639. The van der Waals surface area contributed by atoms with Crippen molar-refractivity contribution in [1.82, 2.24) is 0 Å². The number of hydrogen-bond acceptors (Lipinski definition) is 3. The molecule has 0 aromatic rings. The van der Waals surface area contributed by atoms with Gasteiger partial charge in [-0.2, -0.15) is 0 Å². The van der Waals surface area contributed by atoms with Crippen molar-refractivity contribution in [3.05, 3.63) is 0 Å². The SMILES string of the molecule is CCCOCCOC1CCCC1O. The molecule has 0 aliphatic heterocycles. The van der Waals surface area contributed by atoms with Crippen molar-refractivity contribution < 1.29 is 14.6 Å². The van der Waals surface area contributed by atoms with Crippen LogP contribution in [0.5, 0.6) is 0 Å². The van der Waals surface area contributed by atoms with Crippen LogP contribution in [-0.4, -0.2) is 37.1 Å². The minimum atomic E-state index is -0.244. The van der Waals surface area contributed by atoms with Gasteiger partial charge in [-0.15, -0.1) is 0 Å². The first-order valence-corrected chi connectivity index (χ1v) is 5.22. The zero-order valence-corrected chi connectivity index (χ0v) is 8.37. The molecule has 0 spiro atoms. The second kappa shape index (κ2) is 6.35. The van der Waals surface area contributed by atoms with Gasteiger partial charge in [-0.05, 0) is 25.7 Å². The van der Waals surface area contributed by atoms with Crippen LogP contribution in [-0.2, 0) is 9.47 Å². The smallest absolute Gasteiger partial charge is 0.0835 e. The van der Waals surface area contributed by atoms with Crippen molar-refractivity contribution in [2.75, 3.05) is 19.8 Å². The van der Waals surface area contributed by atoms with Crippen molar-refractivity contribution in [1.29, 1.82) is 0 Å². The fraction of sp³-hybridized carbons (Fsp3) is 1.00. The first kappa shape index (κ1) is 11.0. The summed E-state index contributed by atoms with van der Waals surface area (Å²) in [7, 11) is 0. The Labute approximate surface area is 80.0 Å². The molecule has 0 bridgehead atoms. The van der Waals surface area contributed by atoms with Gasteiger partial charge in [0.05, 0.1) is 25.4 Å². The zero-order chi connectivity index (χ0) is 9.52. The molecular formula is C10H20O3. The fourth-order valence-electron chi connectivity index (χ4n) is 1.61. The van der Waals surface area contributed by atoms with Gasteiger partial charge in [0.25, 0.3) is 0 Å². The van der Waals surface area contributed by atoms with E-state index >= 15 is 0 Å². The molecule has 1 aliphatic carbocycles. The Morgan fingerprint density at radius 2 is 2.08 bits per heavy atom. The van der Waals surface area contributed by atoms with E-state index in [2.05, 4.69) is 6.92 Å². The first-order valence-electron chi connectivity index (χ1n) is 5.22. The Balaban J connectivity index is 1.93. The van der Waals surface area contributed by atoms with E-state index in [4.69, 9.17) is 9.47 Å². The zero-order valence-electron chi connectivity index (χ0n) is 8.37. The fourth-order valence-corrected chi connectivity index (χ4v) is 1.61. The molecule has 78 valence electrons. The molecule has 0 aromatic carbocycles. The summed E-state index contributed by atoms with van der Waals surface area (Å²) in [6.07, 6.45) is 3.83. The summed E-state index contributed by atoms with van der Waals surface area (Å²) in [5, 5.41) is 9.43. The summed E-state index contributed by atoms with van der Waals surface area (Å²) in [4.78, 5) is 0. The van der Waals surface area contributed by atoms with E-state index in [1.807, 2.05) is 0 Å². The van der Waals surface area contributed by atoms with E-state index in [-0.39, 0.29) is 12.2 Å². The van der Waals surface area contributed by atoms with Crippen LogP contribution in [0.15, 0.2) is 0 Å². The molecule has 3 heteroatoms. The summed E-state index contributed by atoms with van der Waals surface area (Å²) in [6, 6.07) is 0. The highest BCUT2D eigenvalue weighted by atomic mass is 16.5. The third kappa shape index (κ3) is 4.07. The van der Waals surface area contributed by atoms with Crippen molar-refractivity contribution in [3.8, 4) is 0 Å². The van der Waals surface area contributed by atoms with E-state index in [9.17, 15) is 5.11 Å². The minimum Gasteiger partial charge on any atom is -0.390 e. The Kier molecular flexibility index (Phi) is 5.35. The molecular weight excluding hydrogens is 168 g/mol. The minimum absolute atomic E-state index is 0.0604. The maximum atomic E-state index is 9.43. The van der Waals surface area contributed by atoms with Gasteiger partial charge in [-0.3, -0.25) is 0 Å². The summed E-state index contributed by atoms with van der Waals surface area (Å²) < 4.78 is 10.8. The van der Waals surface area contributed by atoms with E-state index in [0.29, 0.717) is 13.2 Å². The van der Waals surface area contributed by atoms with Crippen LogP contribution >= 0.6 is 0 Å². The van der Waals surface area contributed by atoms with Crippen molar-refractivity contribution in [2.45, 2.75) is 44.8 Å². The monoisotopic (exact) mass is 188 g/mol. The van der Waals surface area contributed by atoms with Gasteiger partial charge < -0.3 is 14.6 Å². The van der Waals surface area contributed by atoms with Crippen molar-refractivity contribution >= 4 is 0 Å². The summed E-state index contributed by atoms with van der Waals surface area (Å²) in [5.41, 5.74) is 0. The number of rotatable bonds is 6. The van der Waals surface area contributed by atoms with Gasteiger partial charge >= 0.3 is 0 Å². The molecule has 0 saturated heterocycles. The van der Waals surface area contributed by atoms with Gasteiger partial charge in [0.2, 0.25) is 0 Å². The van der Waals surface area contributed by atoms with E-state index in [1.54, 1.807) is 0 Å². The predicted octanol–water partition coefficient (Wildman–Crippen LogP) is 1.34. The van der Waals surface area contributed by atoms with Gasteiger partial charge in [0.1, 0.15) is 0 Å². The second-order valence-electron chi connectivity index (χ2n) is 3.52. The van der Waals surface area contributed by atoms with Crippen LogP contribution in [0.4, 0.5) is 0 Å². The largest absolute Gasteiger partial charge is 0.390 e. The molecule has 1 saturated carbocycles. The summed E-state index contributed by atoms with van der Waals surface area (Å²) in [5.74, 6) is 0. The topological polar surface area (TPSA) is 38.7 Å². The number of aliphatic hydroxyl groups excluding tert-OH is 1. The van der Waals surface area contributed by atoms with Gasteiger partial charge in [-0.1, -0.05) is 6.92 Å². The third-order valence-electron chi connectivity index (χ3n) is 2.33. The highest BCUT2D eigenvalue weighted by molar-refractivity contribution is 4.76. The molecule has 0 amide bonds. The third-order valence-corrected chi connectivity index (χ3v) is 2.33. The lowest BCUT2D eigenvalue weighted by Crippen LogP contribution is -2.24. The molecule has 0 aromatic heterocycles. The summed E-state index contributed by atoms with van der Waals surface area (Å²) in [6.45, 7) is 4.15. The number of aliphatic hydroxyl groups is 1. The van der Waals surface area contributed by atoms with Crippen molar-refractivity contribution in [3.63, 3.8) is 0 Å². The Morgan fingerprint density at radius 3 is 2.69 bits per heavy atom. The van der Waals surface area contributed by atoms with Crippen LogP contribution in [0.3, 0.4) is 0 Å². The molecule has 3 nitrogen and oxygen atoms in total. The lowest BCUT2D eigenvalue weighted by molar-refractivity contribution is -0.0409. The number of hydrogen-bond donors (Lipinski definition) is 1.